The average molecular weight is 376 g/mol. The van der Waals surface area contributed by atoms with Gasteiger partial charge in [-0.15, -0.1) is 0 Å². The first-order valence-electron chi connectivity index (χ1n) is 9.19. The van der Waals surface area contributed by atoms with Crippen molar-refractivity contribution in [2.75, 3.05) is 25.4 Å². The van der Waals surface area contributed by atoms with Gasteiger partial charge in [0.15, 0.2) is 5.96 Å². The molecule has 0 amide bonds. The Morgan fingerprint density at radius 3 is 2.88 bits per heavy atom. The van der Waals surface area contributed by atoms with Gasteiger partial charge in [0.2, 0.25) is 0 Å². The summed E-state index contributed by atoms with van der Waals surface area (Å²) >= 11 is 2.03. The Balaban J connectivity index is 1.49. The quantitative estimate of drug-likeness (QED) is 0.577. The minimum Gasteiger partial charge on any atom is -0.357 e. The predicted molar refractivity (Wildman–Crippen MR) is 107 cm³/mol. The van der Waals surface area contributed by atoms with Crippen LogP contribution in [0.5, 0.6) is 0 Å². The van der Waals surface area contributed by atoms with Crippen LogP contribution < -0.4 is 10.6 Å². The second-order valence-corrected chi connectivity index (χ2v) is 7.67. The van der Waals surface area contributed by atoms with Gasteiger partial charge < -0.3 is 10.6 Å². The van der Waals surface area contributed by atoms with Crippen LogP contribution in [0.1, 0.15) is 25.5 Å². The topological polar surface area (TPSA) is 54.2 Å². The molecule has 1 saturated heterocycles. The molecule has 0 radical (unpaired) electrons. The second kappa shape index (κ2) is 9.62. The first-order chi connectivity index (χ1) is 12.7. The first kappa shape index (κ1) is 18.8. The molecule has 2 N–H and O–H groups in total. The second-order valence-electron chi connectivity index (χ2n) is 6.26. The van der Waals surface area contributed by atoms with E-state index in [1.54, 1.807) is 16.8 Å². The number of guanidine groups is 1. The number of hydrogen-bond donors (Lipinski definition) is 2. The monoisotopic (exact) mass is 375 g/mol. The lowest BCUT2D eigenvalue weighted by Crippen LogP contribution is -2.38. The lowest BCUT2D eigenvalue weighted by Gasteiger charge is -2.12. The van der Waals surface area contributed by atoms with Crippen molar-refractivity contribution in [1.29, 1.82) is 0 Å². The highest BCUT2D eigenvalue weighted by Gasteiger charge is 2.14. The maximum absolute atomic E-state index is 13.0. The summed E-state index contributed by atoms with van der Waals surface area (Å²) in [6, 6.07) is 8.33. The van der Waals surface area contributed by atoms with Crippen molar-refractivity contribution in [2.45, 2.75) is 31.4 Å². The van der Waals surface area contributed by atoms with Crippen LogP contribution in [0, 0.1) is 5.82 Å². The molecule has 0 bridgehead atoms. The molecule has 2 heterocycles. The third-order valence-corrected chi connectivity index (χ3v) is 5.61. The van der Waals surface area contributed by atoms with Gasteiger partial charge in [0, 0.05) is 31.0 Å². The first-order valence-corrected chi connectivity index (χ1v) is 10.2. The van der Waals surface area contributed by atoms with Crippen molar-refractivity contribution in [1.82, 2.24) is 20.4 Å². The summed E-state index contributed by atoms with van der Waals surface area (Å²) in [5.41, 5.74) is 1.85. The van der Waals surface area contributed by atoms with Gasteiger partial charge in [-0.25, -0.2) is 9.07 Å². The van der Waals surface area contributed by atoms with E-state index in [0.29, 0.717) is 5.25 Å². The highest BCUT2D eigenvalue weighted by molar-refractivity contribution is 8.00. The molecular weight excluding hydrogens is 349 g/mol. The summed E-state index contributed by atoms with van der Waals surface area (Å²) in [5, 5.41) is 11.9. The molecule has 1 aromatic carbocycles. The summed E-state index contributed by atoms with van der Waals surface area (Å²) in [6.07, 6.45) is 5.29. The van der Waals surface area contributed by atoms with E-state index in [1.807, 2.05) is 24.0 Å². The van der Waals surface area contributed by atoms with Gasteiger partial charge in [-0.1, -0.05) is 0 Å². The molecule has 2 aromatic rings. The van der Waals surface area contributed by atoms with Crippen molar-refractivity contribution >= 4 is 17.7 Å². The van der Waals surface area contributed by atoms with E-state index in [1.165, 1.54) is 30.7 Å². The van der Waals surface area contributed by atoms with Crippen molar-refractivity contribution in [3.63, 3.8) is 0 Å². The van der Waals surface area contributed by atoms with E-state index >= 15 is 0 Å². The summed E-state index contributed by atoms with van der Waals surface area (Å²) in [5.74, 6) is 1.90. The standard InChI is InChI=1S/C19H26FN5S/c1-2-21-19(23-14-18-4-3-13-26-18)22-11-9-16-10-12-25(24-16)17-7-5-15(20)6-8-17/h5-8,10,12,18H,2-4,9,11,13-14H2,1H3,(H2,21,22,23). The molecule has 1 atom stereocenters. The van der Waals surface area contributed by atoms with E-state index in [-0.39, 0.29) is 5.82 Å². The fraction of sp³-hybridized carbons (Fsp3) is 0.474. The highest BCUT2D eigenvalue weighted by Crippen LogP contribution is 2.25. The minimum atomic E-state index is -0.239. The number of thioether (sulfide) groups is 1. The van der Waals surface area contributed by atoms with Gasteiger partial charge in [-0.2, -0.15) is 16.9 Å². The maximum Gasteiger partial charge on any atom is 0.191 e. The molecule has 1 fully saturated rings. The molecule has 3 rings (SSSR count). The molecule has 5 nitrogen and oxygen atoms in total. The zero-order valence-corrected chi connectivity index (χ0v) is 15.9. The number of benzene rings is 1. The molecule has 1 unspecified atom stereocenters. The smallest absolute Gasteiger partial charge is 0.191 e. The van der Waals surface area contributed by atoms with Crippen molar-refractivity contribution in [3.8, 4) is 5.69 Å². The van der Waals surface area contributed by atoms with Gasteiger partial charge in [-0.3, -0.25) is 4.99 Å². The number of aliphatic imine (C=N–C) groups is 1. The fourth-order valence-electron chi connectivity index (χ4n) is 2.86. The van der Waals surface area contributed by atoms with Crippen LogP contribution in [0.25, 0.3) is 5.69 Å². The zero-order chi connectivity index (χ0) is 18.2. The number of nitrogens with one attached hydrogen (secondary N) is 2. The predicted octanol–water partition coefficient (Wildman–Crippen LogP) is 3.00. The molecule has 0 saturated carbocycles. The van der Waals surface area contributed by atoms with Gasteiger partial charge in [-0.05, 0) is 55.9 Å². The molecule has 1 aromatic heterocycles. The van der Waals surface area contributed by atoms with Crippen LogP contribution in [0.15, 0.2) is 41.5 Å². The highest BCUT2D eigenvalue weighted by atomic mass is 32.2. The Morgan fingerprint density at radius 1 is 1.31 bits per heavy atom. The Hall–Kier alpha value is -2.02. The minimum absolute atomic E-state index is 0.239. The molecule has 0 spiro atoms. The SMILES string of the molecule is CCNC(=NCC1CCCS1)NCCc1ccn(-c2ccc(F)cc2)n1. The van der Waals surface area contributed by atoms with Crippen molar-refractivity contribution in [2.24, 2.45) is 4.99 Å². The van der Waals surface area contributed by atoms with E-state index in [4.69, 9.17) is 4.99 Å². The van der Waals surface area contributed by atoms with E-state index in [0.717, 1.165) is 43.4 Å². The summed E-state index contributed by atoms with van der Waals surface area (Å²) in [7, 11) is 0. The van der Waals surface area contributed by atoms with E-state index in [9.17, 15) is 4.39 Å². The third-order valence-electron chi connectivity index (χ3n) is 4.23. The van der Waals surface area contributed by atoms with Gasteiger partial charge in [0.05, 0.1) is 17.9 Å². The zero-order valence-electron chi connectivity index (χ0n) is 15.1. The average Bonchev–Trinajstić information content (AvgIpc) is 3.32. The third kappa shape index (κ3) is 5.49. The molecule has 7 heteroatoms. The summed E-state index contributed by atoms with van der Waals surface area (Å²) in [4.78, 5) is 4.70. The van der Waals surface area contributed by atoms with Crippen LogP contribution >= 0.6 is 11.8 Å². The Morgan fingerprint density at radius 2 is 2.15 bits per heavy atom. The van der Waals surface area contributed by atoms with Crippen LogP contribution in [0.3, 0.4) is 0 Å². The number of aromatic nitrogens is 2. The normalized spacial score (nSPS) is 17.5. The Labute approximate surface area is 158 Å². The lowest BCUT2D eigenvalue weighted by molar-refractivity contribution is 0.627. The fourth-order valence-corrected chi connectivity index (χ4v) is 4.04. The molecule has 1 aliphatic heterocycles. The van der Waals surface area contributed by atoms with Crippen LogP contribution in [-0.4, -0.2) is 46.4 Å². The van der Waals surface area contributed by atoms with Crippen LogP contribution in [0.4, 0.5) is 4.39 Å². The van der Waals surface area contributed by atoms with Gasteiger partial charge in [0.25, 0.3) is 0 Å². The molecule has 140 valence electrons. The maximum atomic E-state index is 13.0. The Bertz CT molecular complexity index is 707. The summed E-state index contributed by atoms with van der Waals surface area (Å²) < 4.78 is 14.8. The number of hydrogen-bond acceptors (Lipinski definition) is 3. The molecule has 0 aliphatic carbocycles. The summed E-state index contributed by atoms with van der Waals surface area (Å²) in [6.45, 7) is 4.57. The van der Waals surface area contributed by atoms with Crippen molar-refractivity contribution in [3.05, 3.63) is 48.0 Å². The number of rotatable bonds is 7. The van der Waals surface area contributed by atoms with Crippen LogP contribution in [0.2, 0.25) is 0 Å². The lowest BCUT2D eigenvalue weighted by atomic mass is 10.2. The van der Waals surface area contributed by atoms with Gasteiger partial charge >= 0.3 is 0 Å². The largest absolute Gasteiger partial charge is 0.357 e. The number of nitrogens with zero attached hydrogens (tertiary/aromatic N) is 3. The molecule has 1 aliphatic rings. The molecular formula is C19H26FN5S. The van der Waals surface area contributed by atoms with Gasteiger partial charge in [0.1, 0.15) is 5.82 Å². The Kier molecular flexibility index (Phi) is 6.94. The van der Waals surface area contributed by atoms with E-state index < -0.39 is 0 Å². The molecule has 26 heavy (non-hydrogen) atoms. The van der Waals surface area contributed by atoms with E-state index in [2.05, 4.69) is 22.7 Å². The van der Waals surface area contributed by atoms with Crippen molar-refractivity contribution < 1.29 is 4.39 Å². The number of halogens is 1. The van der Waals surface area contributed by atoms with Crippen LogP contribution in [-0.2, 0) is 6.42 Å².